The highest BCUT2D eigenvalue weighted by Gasteiger charge is 2.20. The van der Waals surface area contributed by atoms with E-state index >= 15 is 0 Å². The number of hydrogen-bond acceptors (Lipinski definition) is 4. The van der Waals surface area contributed by atoms with Gasteiger partial charge in [-0.25, -0.2) is 4.99 Å². The van der Waals surface area contributed by atoms with E-state index in [9.17, 15) is 4.79 Å². The average Bonchev–Trinajstić information content (AvgIpc) is 3.16. The third-order valence-corrected chi connectivity index (χ3v) is 3.61. The fourth-order valence-corrected chi connectivity index (χ4v) is 2.45. The highest BCUT2D eigenvalue weighted by molar-refractivity contribution is 6.14. The van der Waals surface area contributed by atoms with Crippen molar-refractivity contribution in [1.29, 1.82) is 0 Å². The molecule has 1 aliphatic rings. The van der Waals surface area contributed by atoms with Gasteiger partial charge in [-0.3, -0.25) is 4.79 Å². The number of methoxy groups -OCH3 is 1. The molecule has 0 bridgehead atoms. The molecule has 1 aliphatic heterocycles. The monoisotopic (exact) mass is 310 g/mol. The lowest BCUT2D eigenvalue weighted by Gasteiger charge is -2.05. The van der Waals surface area contributed by atoms with E-state index in [1.165, 1.54) is 0 Å². The van der Waals surface area contributed by atoms with Gasteiger partial charge in [0.05, 0.1) is 13.4 Å². The van der Waals surface area contributed by atoms with Crippen LogP contribution in [0.25, 0.3) is 6.08 Å². The van der Waals surface area contributed by atoms with Crippen molar-refractivity contribution in [3.05, 3.63) is 59.2 Å². The first kappa shape index (κ1) is 15.1. The zero-order chi connectivity index (χ0) is 16.2. The van der Waals surface area contributed by atoms with E-state index in [-0.39, 0.29) is 5.91 Å². The second-order valence-electron chi connectivity index (χ2n) is 5.37. The third-order valence-electron chi connectivity index (χ3n) is 3.61. The molecule has 2 heterocycles. The van der Waals surface area contributed by atoms with Crippen molar-refractivity contribution in [3.8, 4) is 5.75 Å². The molecule has 23 heavy (non-hydrogen) atoms. The van der Waals surface area contributed by atoms with Gasteiger partial charge < -0.3 is 14.5 Å². The van der Waals surface area contributed by atoms with Crippen molar-refractivity contribution in [2.24, 2.45) is 4.99 Å². The van der Waals surface area contributed by atoms with Crippen LogP contribution >= 0.6 is 0 Å². The molecule has 1 aromatic heterocycles. The summed E-state index contributed by atoms with van der Waals surface area (Å²) in [6, 6.07) is 9.57. The molecule has 0 saturated carbocycles. The van der Waals surface area contributed by atoms with Gasteiger partial charge in [-0.15, -0.1) is 0 Å². The molecule has 0 saturated heterocycles. The van der Waals surface area contributed by atoms with E-state index in [0.717, 1.165) is 22.6 Å². The van der Waals surface area contributed by atoms with Crippen molar-refractivity contribution in [1.82, 2.24) is 5.32 Å². The number of carbonyl (C=O) groups excluding carboxylic acids is 1. The average molecular weight is 310 g/mol. The molecule has 1 aromatic carbocycles. The summed E-state index contributed by atoms with van der Waals surface area (Å²) in [7, 11) is 1.61. The summed E-state index contributed by atoms with van der Waals surface area (Å²) in [5.74, 6) is 2.06. The molecule has 2 aromatic rings. The number of rotatable bonds is 5. The number of carbonyl (C=O) groups is 1. The third kappa shape index (κ3) is 3.51. The van der Waals surface area contributed by atoms with Gasteiger partial charge in [0.1, 0.15) is 23.0 Å². The Bertz CT molecular complexity index is 774. The van der Waals surface area contributed by atoms with Crippen LogP contribution in [0.2, 0.25) is 0 Å². The minimum atomic E-state index is -0.192. The molecular weight excluding hydrogens is 292 g/mol. The van der Waals surface area contributed by atoms with Gasteiger partial charge in [0, 0.05) is 18.4 Å². The normalized spacial score (nSPS) is 15.7. The quantitative estimate of drug-likeness (QED) is 0.863. The van der Waals surface area contributed by atoms with Crippen LogP contribution in [0, 0.1) is 6.92 Å². The zero-order valence-electron chi connectivity index (χ0n) is 13.1. The van der Waals surface area contributed by atoms with Crippen LogP contribution in [0.15, 0.2) is 51.7 Å². The Labute approximate surface area is 134 Å². The summed E-state index contributed by atoms with van der Waals surface area (Å²) in [5.41, 5.74) is 2.33. The maximum atomic E-state index is 12.1. The van der Waals surface area contributed by atoms with Crippen LogP contribution in [0.4, 0.5) is 0 Å². The van der Waals surface area contributed by atoms with E-state index in [1.807, 2.05) is 37.3 Å². The Kier molecular flexibility index (Phi) is 4.28. The van der Waals surface area contributed by atoms with Crippen LogP contribution in [0.5, 0.6) is 5.75 Å². The van der Waals surface area contributed by atoms with Crippen molar-refractivity contribution >= 4 is 17.8 Å². The number of benzene rings is 1. The van der Waals surface area contributed by atoms with Crippen LogP contribution < -0.4 is 10.1 Å². The van der Waals surface area contributed by atoms with E-state index in [0.29, 0.717) is 24.4 Å². The molecule has 5 heteroatoms. The van der Waals surface area contributed by atoms with Gasteiger partial charge in [-0.05, 0) is 37.3 Å². The fourth-order valence-electron chi connectivity index (χ4n) is 2.45. The van der Waals surface area contributed by atoms with Gasteiger partial charge >= 0.3 is 0 Å². The van der Waals surface area contributed by atoms with E-state index < -0.39 is 0 Å². The van der Waals surface area contributed by atoms with Gasteiger partial charge in [-0.2, -0.15) is 0 Å². The first-order valence-electron chi connectivity index (χ1n) is 7.43. The highest BCUT2D eigenvalue weighted by atomic mass is 16.5. The maximum Gasteiger partial charge on any atom is 0.275 e. The second-order valence-corrected chi connectivity index (χ2v) is 5.37. The Balaban J connectivity index is 1.79. The summed E-state index contributed by atoms with van der Waals surface area (Å²) in [5, 5.41) is 2.80. The first-order valence-corrected chi connectivity index (χ1v) is 7.43. The van der Waals surface area contributed by atoms with Crippen LogP contribution in [-0.2, 0) is 11.2 Å². The van der Waals surface area contributed by atoms with Gasteiger partial charge in [0.25, 0.3) is 5.91 Å². The predicted molar refractivity (Wildman–Crippen MR) is 88.3 cm³/mol. The van der Waals surface area contributed by atoms with Crippen molar-refractivity contribution in [2.45, 2.75) is 19.8 Å². The van der Waals surface area contributed by atoms with E-state index in [2.05, 4.69) is 10.3 Å². The number of hydrogen-bond donors (Lipinski definition) is 1. The standard InChI is InChI=1S/C18H18N2O3/c1-12-5-7-16(22-2)13(10-12)11-15-18(21)20-17(19-15)8-6-14-4-3-9-23-14/h3-5,7,9-11H,6,8H2,1-2H3,(H,19,20,21)/b15-11+. The van der Waals surface area contributed by atoms with Crippen molar-refractivity contribution < 1.29 is 13.9 Å². The molecule has 1 N–H and O–H groups in total. The molecule has 0 spiro atoms. The molecule has 0 aliphatic carbocycles. The van der Waals surface area contributed by atoms with E-state index in [4.69, 9.17) is 9.15 Å². The summed E-state index contributed by atoms with van der Waals surface area (Å²) in [6.45, 7) is 1.99. The molecule has 0 unspecified atom stereocenters. The Hall–Kier alpha value is -2.82. The topological polar surface area (TPSA) is 63.8 Å². The number of nitrogens with zero attached hydrogens (tertiary/aromatic N) is 1. The van der Waals surface area contributed by atoms with Gasteiger partial charge in [0.2, 0.25) is 0 Å². The van der Waals surface area contributed by atoms with Crippen molar-refractivity contribution in [2.75, 3.05) is 7.11 Å². The lowest BCUT2D eigenvalue weighted by molar-refractivity contribution is -0.115. The van der Waals surface area contributed by atoms with Gasteiger partial charge in [-0.1, -0.05) is 11.6 Å². The molecule has 5 nitrogen and oxygen atoms in total. The lowest BCUT2D eigenvalue weighted by Crippen LogP contribution is -2.24. The minimum Gasteiger partial charge on any atom is -0.496 e. The molecule has 118 valence electrons. The number of nitrogens with one attached hydrogen (secondary N) is 1. The smallest absolute Gasteiger partial charge is 0.275 e. The van der Waals surface area contributed by atoms with Crippen LogP contribution in [0.1, 0.15) is 23.3 Å². The summed E-state index contributed by atoms with van der Waals surface area (Å²) in [6.07, 6.45) is 4.72. The number of amidine groups is 1. The van der Waals surface area contributed by atoms with Crippen LogP contribution in [-0.4, -0.2) is 18.9 Å². The number of furan rings is 1. The predicted octanol–water partition coefficient (Wildman–Crippen LogP) is 3.10. The molecular formula is C18H18N2O3. The van der Waals surface area contributed by atoms with Crippen LogP contribution in [0.3, 0.4) is 0 Å². The summed E-state index contributed by atoms with van der Waals surface area (Å²) in [4.78, 5) is 16.5. The molecule has 3 rings (SSSR count). The Morgan fingerprint density at radius 1 is 1.30 bits per heavy atom. The fraction of sp³-hybridized carbons (Fsp3) is 0.222. The number of aliphatic imine (C=N–C) groups is 1. The van der Waals surface area contributed by atoms with E-state index in [1.54, 1.807) is 19.4 Å². The molecule has 0 fully saturated rings. The largest absolute Gasteiger partial charge is 0.496 e. The molecule has 0 radical (unpaired) electrons. The maximum absolute atomic E-state index is 12.1. The van der Waals surface area contributed by atoms with Crippen molar-refractivity contribution in [3.63, 3.8) is 0 Å². The summed E-state index contributed by atoms with van der Waals surface area (Å²) >= 11 is 0. The number of aryl methyl sites for hydroxylation is 2. The Morgan fingerprint density at radius 2 is 2.17 bits per heavy atom. The molecule has 0 atom stereocenters. The lowest BCUT2D eigenvalue weighted by atomic mass is 10.1. The second kappa shape index (κ2) is 6.52. The van der Waals surface area contributed by atoms with Gasteiger partial charge in [0.15, 0.2) is 0 Å². The Morgan fingerprint density at radius 3 is 2.91 bits per heavy atom. The first-order chi connectivity index (χ1) is 11.2. The highest BCUT2D eigenvalue weighted by Crippen LogP contribution is 2.24. The molecule has 1 amide bonds. The minimum absolute atomic E-state index is 0.192. The number of ether oxygens (including phenoxy) is 1. The summed E-state index contributed by atoms with van der Waals surface area (Å²) < 4.78 is 10.6. The number of amides is 1. The SMILES string of the molecule is COc1ccc(C)cc1/C=C1/N=C(CCc2ccco2)NC1=O. The zero-order valence-corrected chi connectivity index (χ0v) is 13.1.